The molecule has 0 bridgehead atoms. The zero-order valence-electron chi connectivity index (χ0n) is 15.1. The molecule has 1 aliphatic carbocycles. The van der Waals surface area contributed by atoms with Gasteiger partial charge in [0.15, 0.2) is 0 Å². The lowest BCUT2D eigenvalue weighted by Crippen LogP contribution is -2.53. The predicted octanol–water partition coefficient (Wildman–Crippen LogP) is 1.82. The molecule has 0 radical (unpaired) electrons. The average molecular weight is 362 g/mol. The first-order valence-corrected chi connectivity index (χ1v) is 10.0. The molecule has 1 N–H and O–H groups in total. The van der Waals surface area contributed by atoms with E-state index in [0.717, 1.165) is 38.2 Å². The number of aryl methyl sites for hydroxylation is 2. The molecule has 1 aromatic rings. The quantitative estimate of drug-likeness (QED) is 0.642. The van der Waals surface area contributed by atoms with Gasteiger partial charge in [0, 0.05) is 49.4 Å². The van der Waals surface area contributed by atoms with E-state index in [1.165, 1.54) is 16.0 Å². The molecule has 0 aromatic heterocycles. The van der Waals surface area contributed by atoms with E-state index < -0.39 is 5.91 Å². The van der Waals surface area contributed by atoms with Crippen LogP contribution in [0.25, 0.3) is 0 Å². The molecule has 6 heteroatoms. The van der Waals surface area contributed by atoms with Gasteiger partial charge in [0.25, 0.3) is 0 Å². The van der Waals surface area contributed by atoms with Gasteiger partial charge in [0.2, 0.25) is 0 Å². The fourth-order valence-corrected chi connectivity index (χ4v) is 3.90. The Hall–Kier alpha value is -1.53. The van der Waals surface area contributed by atoms with Crippen LogP contribution in [0.2, 0.25) is 0 Å². The van der Waals surface area contributed by atoms with E-state index in [-0.39, 0.29) is 11.9 Å². The van der Waals surface area contributed by atoms with Gasteiger partial charge >= 0.3 is 11.8 Å². The molecule has 2 aliphatic rings. The highest BCUT2D eigenvalue weighted by molar-refractivity contribution is 7.99. The summed E-state index contributed by atoms with van der Waals surface area (Å²) in [5.41, 5.74) is 2.66. The van der Waals surface area contributed by atoms with Crippen molar-refractivity contribution in [3.05, 3.63) is 29.3 Å². The lowest BCUT2D eigenvalue weighted by atomic mass is 10.1. The normalized spacial score (nSPS) is 18.2. The van der Waals surface area contributed by atoms with Crippen LogP contribution in [-0.2, 0) is 9.59 Å². The molecule has 1 heterocycles. The summed E-state index contributed by atoms with van der Waals surface area (Å²) in [6.07, 6.45) is 2.01. The minimum atomic E-state index is -0.429. The number of rotatable bonds is 5. The lowest BCUT2D eigenvalue weighted by molar-refractivity contribution is -0.147. The van der Waals surface area contributed by atoms with Crippen molar-refractivity contribution in [1.29, 1.82) is 0 Å². The number of carbonyl (C=O) groups excluding carboxylic acids is 2. The third-order valence-corrected chi connectivity index (χ3v) is 5.89. The van der Waals surface area contributed by atoms with Gasteiger partial charge in [-0.15, -0.1) is 11.8 Å². The average Bonchev–Trinajstić information content (AvgIpc) is 3.42. The maximum atomic E-state index is 12.1. The van der Waals surface area contributed by atoms with E-state index in [1.807, 2.05) is 11.8 Å². The lowest BCUT2D eigenvalue weighted by Gasteiger charge is -2.34. The fraction of sp³-hybridized carbons (Fsp3) is 0.579. The summed E-state index contributed by atoms with van der Waals surface area (Å²) in [7, 11) is 0. The van der Waals surface area contributed by atoms with E-state index in [2.05, 4.69) is 42.3 Å². The number of nitrogens with zero attached hydrogens (tertiary/aromatic N) is 2. The Morgan fingerprint density at radius 1 is 1.12 bits per heavy atom. The van der Waals surface area contributed by atoms with Gasteiger partial charge in [0.1, 0.15) is 0 Å². The van der Waals surface area contributed by atoms with Crippen LogP contribution in [0.1, 0.15) is 24.0 Å². The highest BCUT2D eigenvalue weighted by Gasteiger charge is 2.30. The molecule has 2 amide bonds. The van der Waals surface area contributed by atoms with Crippen molar-refractivity contribution < 1.29 is 9.59 Å². The molecule has 25 heavy (non-hydrogen) atoms. The van der Waals surface area contributed by atoms with Gasteiger partial charge in [-0.2, -0.15) is 0 Å². The van der Waals surface area contributed by atoms with Crippen molar-refractivity contribution >= 4 is 23.6 Å². The third-order valence-electron chi connectivity index (χ3n) is 4.92. The molecule has 1 aromatic carbocycles. The highest BCUT2D eigenvalue weighted by atomic mass is 32.2. The molecule has 0 unspecified atom stereocenters. The van der Waals surface area contributed by atoms with Crippen molar-refractivity contribution in [2.45, 2.75) is 37.6 Å². The Morgan fingerprint density at radius 2 is 1.84 bits per heavy atom. The number of nitrogens with one attached hydrogen (secondary N) is 1. The fourth-order valence-electron chi connectivity index (χ4n) is 2.89. The summed E-state index contributed by atoms with van der Waals surface area (Å²) < 4.78 is 0. The minimum Gasteiger partial charge on any atom is -0.345 e. The number of amides is 2. The molecule has 3 rings (SSSR count). The van der Waals surface area contributed by atoms with Gasteiger partial charge < -0.3 is 10.2 Å². The van der Waals surface area contributed by atoms with Crippen LogP contribution >= 0.6 is 11.8 Å². The smallest absolute Gasteiger partial charge is 0.311 e. The number of hydrogen-bond donors (Lipinski definition) is 1. The first kappa shape index (κ1) is 18.3. The Morgan fingerprint density at radius 3 is 2.48 bits per heavy atom. The summed E-state index contributed by atoms with van der Waals surface area (Å²) >= 11 is 1.88. The Kier molecular flexibility index (Phi) is 6.02. The molecule has 1 aliphatic heterocycles. The molecule has 136 valence electrons. The van der Waals surface area contributed by atoms with Crippen LogP contribution in [0.3, 0.4) is 0 Å². The maximum absolute atomic E-state index is 12.1. The van der Waals surface area contributed by atoms with E-state index in [9.17, 15) is 9.59 Å². The van der Waals surface area contributed by atoms with Crippen molar-refractivity contribution in [2.24, 2.45) is 0 Å². The molecular weight excluding hydrogens is 334 g/mol. The van der Waals surface area contributed by atoms with Crippen LogP contribution in [0.5, 0.6) is 0 Å². The number of hydrogen-bond acceptors (Lipinski definition) is 4. The zero-order chi connectivity index (χ0) is 17.8. The molecule has 1 saturated carbocycles. The molecule has 1 saturated heterocycles. The number of carbonyl (C=O) groups is 2. The molecule has 5 nitrogen and oxygen atoms in total. The minimum absolute atomic E-state index is 0.236. The number of benzene rings is 1. The number of piperazine rings is 1. The van der Waals surface area contributed by atoms with E-state index in [0.29, 0.717) is 13.1 Å². The second-order valence-corrected chi connectivity index (χ2v) is 8.14. The summed E-state index contributed by atoms with van der Waals surface area (Å²) in [5.74, 6) is 0.246. The van der Waals surface area contributed by atoms with E-state index >= 15 is 0 Å². The van der Waals surface area contributed by atoms with Gasteiger partial charge in [-0.3, -0.25) is 14.5 Å². The van der Waals surface area contributed by atoms with Crippen molar-refractivity contribution in [1.82, 2.24) is 15.1 Å². The SMILES string of the molecule is Cc1ccc(SCCN2CCN(C(=O)C(=O)NC3CC3)CC2)cc1C. The highest BCUT2D eigenvalue weighted by Crippen LogP contribution is 2.21. The molecular formula is C19H27N3O2S. The summed E-state index contributed by atoms with van der Waals surface area (Å²) in [5, 5.41) is 2.78. The zero-order valence-corrected chi connectivity index (χ0v) is 15.9. The largest absolute Gasteiger partial charge is 0.345 e. The first-order chi connectivity index (χ1) is 12.0. The Labute approximate surface area is 154 Å². The van der Waals surface area contributed by atoms with Crippen molar-refractivity contribution in [3.63, 3.8) is 0 Å². The second-order valence-electron chi connectivity index (χ2n) is 6.98. The first-order valence-electron chi connectivity index (χ1n) is 9.05. The summed E-state index contributed by atoms with van der Waals surface area (Å²) in [4.78, 5) is 29.3. The van der Waals surface area contributed by atoms with Gasteiger partial charge in [-0.1, -0.05) is 6.07 Å². The van der Waals surface area contributed by atoms with Gasteiger partial charge in [-0.05, 0) is 49.9 Å². The monoisotopic (exact) mass is 361 g/mol. The molecule has 0 atom stereocenters. The standard InChI is InChI=1S/C19H27N3O2S/c1-14-3-6-17(13-15(14)2)25-12-11-21-7-9-22(10-8-21)19(24)18(23)20-16-4-5-16/h3,6,13,16H,4-5,7-12H2,1-2H3,(H,20,23). The maximum Gasteiger partial charge on any atom is 0.311 e. The Balaban J connectivity index is 1.36. The second kappa shape index (κ2) is 8.23. The van der Waals surface area contributed by atoms with Crippen molar-refractivity contribution in [2.75, 3.05) is 38.5 Å². The van der Waals surface area contributed by atoms with Crippen LogP contribution < -0.4 is 5.32 Å². The van der Waals surface area contributed by atoms with Gasteiger partial charge in [-0.25, -0.2) is 0 Å². The topological polar surface area (TPSA) is 52.7 Å². The summed E-state index contributed by atoms with van der Waals surface area (Å²) in [6.45, 7) is 8.26. The molecule has 0 spiro atoms. The van der Waals surface area contributed by atoms with Crippen LogP contribution in [0, 0.1) is 13.8 Å². The van der Waals surface area contributed by atoms with Crippen LogP contribution in [0.4, 0.5) is 0 Å². The van der Waals surface area contributed by atoms with E-state index in [1.54, 1.807) is 4.90 Å². The van der Waals surface area contributed by atoms with Crippen molar-refractivity contribution in [3.8, 4) is 0 Å². The number of thioether (sulfide) groups is 1. The van der Waals surface area contributed by atoms with Gasteiger partial charge in [0.05, 0.1) is 0 Å². The van der Waals surface area contributed by atoms with Crippen LogP contribution in [-0.4, -0.2) is 66.1 Å². The Bertz CT molecular complexity index is 638. The molecule has 2 fully saturated rings. The van der Waals surface area contributed by atoms with Crippen LogP contribution in [0.15, 0.2) is 23.1 Å². The van der Waals surface area contributed by atoms with E-state index in [4.69, 9.17) is 0 Å². The summed E-state index contributed by atoms with van der Waals surface area (Å²) in [6, 6.07) is 6.84. The predicted molar refractivity (Wildman–Crippen MR) is 101 cm³/mol. The third kappa shape index (κ3) is 5.22.